The molecule has 0 aromatic heterocycles. The summed E-state index contributed by atoms with van der Waals surface area (Å²) in [7, 11) is 0. The Labute approximate surface area is 89.9 Å². The number of nitro groups is 1. The maximum absolute atomic E-state index is 10.5. The Morgan fingerprint density at radius 1 is 1.62 bits per heavy atom. The number of non-ortho nitro benzene ring substituents is 1. The van der Waals surface area contributed by atoms with Crippen molar-refractivity contribution >= 4 is 17.3 Å². The largest absolute Gasteiger partial charge is 0.481 e. The van der Waals surface area contributed by atoms with Gasteiger partial charge >= 0.3 is 5.97 Å². The monoisotopic (exact) mass is 221 g/mol. The number of nitrogens with two attached hydrogens (primary N) is 1. The van der Waals surface area contributed by atoms with E-state index in [1.165, 1.54) is 0 Å². The summed E-state index contributed by atoms with van der Waals surface area (Å²) < 4.78 is 0. The third-order valence-corrected chi connectivity index (χ3v) is 1.93. The van der Waals surface area contributed by atoms with Crippen LogP contribution in [0.15, 0.2) is 12.1 Å². The van der Waals surface area contributed by atoms with Crippen LogP contribution in [0.2, 0.25) is 0 Å². The maximum atomic E-state index is 10.5. The minimum atomic E-state index is -1.16. The molecule has 0 aliphatic rings. The van der Waals surface area contributed by atoms with Gasteiger partial charge in [-0.05, 0) is 0 Å². The van der Waals surface area contributed by atoms with Crippen LogP contribution >= 0.6 is 0 Å². The molecular formula is C9H7N3O4. The van der Waals surface area contributed by atoms with Gasteiger partial charge in [0.05, 0.1) is 23.0 Å². The van der Waals surface area contributed by atoms with Crippen LogP contribution in [-0.2, 0) is 11.2 Å². The van der Waals surface area contributed by atoms with E-state index >= 15 is 0 Å². The second-order valence-corrected chi connectivity index (χ2v) is 3.00. The Hall–Kier alpha value is -2.62. The minimum Gasteiger partial charge on any atom is -0.481 e. The molecule has 0 unspecified atom stereocenters. The zero-order valence-electron chi connectivity index (χ0n) is 8.01. The first-order valence-electron chi connectivity index (χ1n) is 4.14. The van der Waals surface area contributed by atoms with Gasteiger partial charge in [-0.3, -0.25) is 14.9 Å². The second-order valence-electron chi connectivity index (χ2n) is 3.00. The normalized spacial score (nSPS) is 9.44. The molecule has 1 aromatic rings. The third-order valence-electron chi connectivity index (χ3n) is 1.93. The van der Waals surface area contributed by atoms with Gasteiger partial charge < -0.3 is 10.8 Å². The summed E-state index contributed by atoms with van der Waals surface area (Å²) >= 11 is 0. The highest BCUT2D eigenvalue weighted by atomic mass is 16.6. The average molecular weight is 221 g/mol. The fourth-order valence-corrected chi connectivity index (χ4v) is 1.23. The first-order valence-corrected chi connectivity index (χ1v) is 4.14. The Morgan fingerprint density at radius 3 is 2.69 bits per heavy atom. The molecule has 16 heavy (non-hydrogen) atoms. The molecule has 0 heterocycles. The van der Waals surface area contributed by atoms with Crippen molar-refractivity contribution < 1.29 is 14.8 Å². The van der Waals surface area contributed by atoms with Crippen LogP contribution < -0.4 is 5.73 Å². The number of nitriles is 1. The lowest BCUT2D eigenvalue weighted by Crippen LogP contribution is -2.07. The topological polar surface area (TPSA) is 130 Å². The smallest absolute Gasteiger partial charge is 0.307 e. The molecule has 0 aliphatic carbocycles. The summed E-state index contributed by atoms with van der Waals surface area (Å²) in [5, 5.41) is 27.8. The SMILES string of the molecule is N#Cc1cc([N+](=O)[O-])cc(N)c1CC(=O)O. The number of benzene rings is 1. The van der Waals surface area contributed by atoms with Gasteiger partial charge in [0, 0.05) is 23.4 Å². The fourth-order valence-electron chi connectivity index (χ4n) is 1.23. The number of nitrogen functional groups attached to an aromatic ring is 1. The standard InChI is InChI=1S/C9H7N3O4/c10-4-5-1-6(12(15)16)2-8(11)7(5)3-9(13)14/h1-2H,3,11H2,(H,13,14). The maximum Gasteiger partial charge on any atom is 0.307 e. The van der Waals surface area contributed by atoms with Gasteiger partial charge in [-0.15, -0.1) is 0 Å². The molecule has 0 atom stereocenters. The van der Waals surface area contributed by atoms with Crippen molar-refractivity contribution in [2.24, 2.45) is 0 Å². The summed E-state index contributed by atoms with van der Waals surface area (Å²) in [6, 6.07) is 3.74. The molecule has 0 saturated heterocycles. The lowest BCUT2D eigenvalue weighted by Gasteiger charge is -2.04. The molecule has 1 rings (SSSR count). The molecular weight excluding hydrogens is 214 g/mol. The summed E-state index contributed by atoms with van der Waals surface area (Å²) in [5.41, 5.74) is 5.08. The molecule has 7 heteroatoms. The van der Waals surface area contributed by atoms with Crippen LogP contribution in [0.3, 0.4) is 0 Å². The molecule has 0 spiro atoms. The van der Waals surface area contributed by atoms with Crippen molar-refractivity contribution in [1.29, 1.82) is 5.26 Å². The number of hydrogen-bond acceptors (Lipinski definition) is 5. The highest BCUT2D eigenvalue weighted by Gasteiger charge is 2.16. The first kappa shape index (κ1) is 11.5. The van der Waals surface area contributed by atoms with E-state index in [0.29, 0.717) is 0 Å². The van der Waals surface area contributed by atoms with E-state index in [4.69, 9.17) is 16.1 Å². The predicted octanol–water partition coefficient (Wildman–Crippen LogP) is 0.676. The Kier molecular flexibility index (Phi) is 3.06. The molecule has 7 nitrogen and oxygen atoms in total. The number of anilines is 1. The molecule has 0 radical (unpaired) electrons. The highest BCUT2D eigenvalue weighted by molar-refractivity contribution is 5.75. The summed E-state index contributed by atoms with van der Waals surface area (Å²) in [6.45, 7) is 0. The number of rotatable bonds is 3. The Balaban J connectivity index is 3.35. The van der Waals surface area contributed by atoms with E-state index in [9.17, 15) is 14.9 Å². The molecule has 3 N–H and O–H groups in total. The highest BCUT2D eigenvalue weighted by Crippen LogP contribution is 2.24. The van der Waals surface area contributed by atoms with Crippen LogP contribution in [0.25, 0.3) is 0 Å². The number of carboxylic acids is 1. The van der Waals surface area contributed by atoms with Crippen LogP contribution in [0.5, 0.6) is 0 Å². The summed E-state index contributed by atoms with van der Waals surface area (Å²) in [4.78, 5) is 20.3. The van der Waals surface area contributed by atoms with Gasteiger partial charge in [-0.1, -0.05) is 0 Å². The first-order chi connectivity index (χ1) is 7.45. The Bertz CT molecular complexity index is 504. The summed E-state index contributed by atoms with van der Waals surface area (Å²) in [5.74, 6) is -1.16. The number of carbonyl (C=O) groups is 1. The summed E-state index contributed by atoms with van der Waals surface area (Å²) in [6.07, 6.45) is -0.438. The lowest BCUT2D eigenvalue weighted by atomic mass is 10.0. The van der Waals surface area contributed by atoms with Crippen LogP contribution in [0, 0.1) is 21.4 Å². The van der Waals surface area contributed by atoms with Crippen LogP contribution in [-0.4, -0.2) is 16.0 Å². The van der Waals surface area contributed by atoms with Crippen molar-refractivity contribution in [3.8, 4) is 6.07 Å². The van der Waals surface area contributed by atoms with Gasteiger partial charge in [0.15, 0.2) is 0 Å². The van der Waals surface area contributed by atoms with Crippen molar-refractivity contribution in [2.75, 3.05) is 5.73 Å². The van der Waals surface area contributed by atoms with Crippen molar-refractivity contribution in [3.05, 3.63) is 33.4 Å². The van der Waals surface area contributed by atoms with Crippen molar-refractivity contribution in [1.82, 2.24) is 0 Å². The molecule has 0 fully saturated rings. The van der Waals surface area contributed by atoms with E-state index in [0.717, 1.165) is 12.1 Å². The Morgan fingerprint density at radius 2 is 2.25 bits per heavy atom. The molecule has 82 valence electrons. The van der Waals surface area contributed by atoms with Crippen LogP contribution in [0.4, 0.5) is 11.4 Å². The van der Waals surface area contributed by atoms with E-state index < -0.39 is 17.3 Å². The lowest BCUT2D eigenvalue weighted by molar-refractivity contribution is -0.384. The van der Waals surface area contributed by atoms with Gasteiger partial charge in [0.1, 0.15) is 0 Å². The molecule has 1 aromatic carbocycles. The van der Waals surface area contributed by atoms with Gasteiger partial charge in [-0.25, -0.2) is 0 Å². The van der Waals surface area contributed by atoms with Crippen LogP contribution in [0.1, 0.15) is 11.1 Å². The van der Waals surface area contributed by atoms with E-state index in [-0.39, 0.29) is 22.5 Å². The van der Waals surface area contributed by atoms with Gasteiger partial charge in [0.2, 0.25) is 0 Å². The number of carboxylic acid groups (broad SMARTS) is 1. The molecule has 0 aliphatic heterocycles. The third kappa shape index (κ3) is 2.24. The zero-order valence-corrected chi connectivity index (χ0v) is 8.01. The number of hydrogen-bond donors (Lipinski definition) is 2. The zero-order chi connectivity index (χ0) is 12.3. The minimum absolute atomic E-state index is 0.0619. The number of nitro benzene ring substituents is 1. The average Bonchev–Trinajstić information content (AvgIpc) is 2.19. The van der Waals surface area contributed by atoms with E-state index in [1.54, 1.807) is 6.07 Å². The van der Waals surface area contributed by atoms with Crippen molar-refractivity contribution in [3.63, 3.8) is 0 Å². The fraction of sp³-hybridized carbons (Fsp3) is 0.111. The predicted molar refractivity (Wildman–Crippen MR) is 53.6 cm³/mol. The number of aliphatic carboxylic acids is 1. The van der Waals surface area contributed by atoms with Gasteiger partial charge in [0.25, 0.3) is 5.69 Å². The van der Waals surface area contributed by atoms with E-state index in [1.807, 2.05) is 0 Å². The quantitative estimate of drug-likeness (QED) is 0.438. The van der Waals surface area contributed by atoms with Crippen molar-refractivity contribution in [2.45, 2.75) is 6.42 Å². The molecule has 0 amide bonds. The van der Waals surface area contributed by atoms with E-state index in [2.05, 4.69) is 0 Å². The molecule has 0 bridgehead atoms. The molecule has 0 saturated carbocycles. The number of nitrogens with zero attached hydrogens (tertiary/aromatic N) is 2. The van der Waals surface area contributed by atoms with Gasteiger partial charge in [-0.2, -0.15) is 5.26 Å². The second kappa shape index (κ2) is 4.27.